The second-order valence-electron chi connectivity index (χ2n) is 7.21. The van der Waals surface area contributed by atoms with Crippen molar-refractivity contribution in [3.63, 3.8) is 0 Å². The molecule has 3 aromatic carbocycles. The third kappa shape index (κ3) is 6.11. The van der Waals surface area contributed by atoms with Gasteiger partial charge in [0, 0.05) is 6.54 Å². The SMILES string of the molecule is COc1ccccc1N(CC(=O)NC(=O)NCc1ccccc1)S(=O)(=O)c1ccc(C)cc1. The van der Waals surface area contributed by atoms with Crippen molar-refractivity contribution in [2.24, 2.45) is 0 Å². The van der Waals surface area contributed by atoms with Gasteiger partial charge in [-0.15, -0.1) is 0 Å². The lowest BCUT2D eigenvalue weighted by Gasteiger charge is -2.25. The Morgan fingerprint density at radius 3 is 2.21 bits per heavy atom. The molecule has 0 aliphatic rings. The summed E-state index contributed by atoms with van der Waals surface area (Å²) in [5.74, 6) is -0.517. The van der Waals surface area contributed by atoms with E-state index >= 15 is 0 Å². The van der Waals surface area contributed by atoms with Gasteiger partial charge in [0.1, 0.15) is 12.3 Å². The zero-order valence-electron chi connectivity index (χ0n) is 18.3. The summed E-state index contributed by atoms with van der Waals surface area (Å²) in [5, 5.41) is 4.76. The molecule has 3 rings (SSSR count). The van der Waals surface area contributed by atoms with Crippen LogP contribution < -0.4 is 19.7 Å². The summed E-state index contributed by atoms with van der Waals surface area (Å²) in [7, 11) is -2.72. The molecule has 0 aliphatic carbocycles. The van der Waals surface area contributed by atoms with Crippen molar-refractivity contribution in [1.82, 2.24) is 10.6 Å². The number of methoxy groups -OCH3 is 1. The minimum Gasteiger partial charge on any atom is -0.495 e. The number of carbonyl (C=O) groups excluding carboxylic acids is 2. The van der Waals surface area contributed by atoms with E-state index in [0.717, 1.165) is 15.4 Å². The molecule has 0 saturated carbocycles. The van der Waals surface area contributed by atoms with E-state index in [2.05, 4.69) is 10.6 Å². The highest BCUT2D eigenvalue weighted by molar-refractivity contribution is 7.92. The van der Waals surface area contributed by atoms with Crippen LogP contribution in [0.15, 0.2) is 83.8 Å². The Morgan fingerprint density at radius 1 is 0.909 bits per heavy atom. The number of carbonyl (C=O) groups is 2. The number of hydrogen-bond acceptors (Lipinski definition) is 5. The molecule has 0 spiro atoms. The van der Waals surface area contributed by atoms with Gasteiger partial charge < -0.3 is 10.1 Å². The summed E-state index contributed by atoms with van der Waals surface area (Å²) in [6.07, 6.45) is 0. The van der Waals surface area contributed by atoms with Gasteiger partial charge in [-0.3, -0.25) is 14.4 Å². The maximum Gasteiger partial charge on any atom is 0.321 e. The first kappa shape index (κ1) is 23.8. The zero-order valence-corrected chi connectivity index (χ0v) is 19.1. The van der Waals surface area contributed by atoms with Crippen LogP contribution in [0.1, 0.15) is 11.1 Å². The van der Waals surface area contributed by atoms with Gasteiger partial charge in [0.25, 0.3) is 10.0 Å². The Morgan fingerprint density at radius 2 is 1.55 bits per heavy atom. The van der Waals surface area contributed by atoms with Gasteiger partial charge in [-0.2, -0.15) is 0 Å². The molecular formula is C24H25N3O5S. The molecule has 8 nitrogen and oxygen atoms in total. The fourth-order valence-corrected chi connectivity index (χ4v) is 4.52. The van der Waals surface area contributed by atoms with E-state index in [1.807, 2.05) is 37.3 Å². The van der Waals surface area contributed by atoms with Crippen molar-refractivity contribution < 1.29 is 22.7 Å². The standard InChI is InChI=1S/C24H25N3O5S/c1-18-12-14-20(15-13-18)33(30,31)27(21-10-6-7-11-22(21)32-2)17-23(28)26-24(29)25-16-19-8-4-3-5-9-19/h3-15H,16-17H2,1-2H3,(H2,25,26,28,29). The Hall–Kier alpha value is -3.85. The number of urea groups is 1. The number of nitrogens with one attached hydrogen (secondary N) is 2. The summed E-state index contributed by atoms with van der Waals surface area (Å²) < 4.78 is 33.1. The minimum atomic E-state index is -4.13. The normalized spacial score (nSPS) is 10.8. The lowest BCUT2D eigenvalue weighted by atomic mass is 10.2. The predicted molar refractivity (Wildman–Crippen MR) is 126 cm³/mol. The van der Waals surface area contributed by atoms with E-state index < -0.39 is 28.5 Å². The first-order chi connectivity index (χ1) is 15.8. The van der Waals surface area contributed by atoms with E-state index in [1.165, 1.54) is 25.3 Å². The number of anilines is 1. The molecule has 0 unspecified atom stereocenters. The van der Waals surface area contributed by atoms with Crippen LogP contribution in [0.3, 0.4) is 0 Å². The second kappa shape index (κ2) is 10.6. The molecule has 0 bridgehead atoms. The van der Waals surface area contributed by atoms with Crippen LogP contribution in [0, 0.1) is 6.92 Å². The number of rotatable bonds is 8. The van der Waals surface area contributed by atoms with Crippen molar-refractivity contribution in [2.45, 2.75) is 18.4 Å². The van der Waals surface area contributed by atoms with Crippen LogP contribution in [0.2, 0.25) is 0 Å². The van der Waals surface area contributed by atoms with E-state index in [1.54, 1.807) is 30.3 Å². The van der Waals surface area contributed by atoms with Gasteiger partial charge in [-0.1, -0.05) is 60.2 Å². The summed E-state index contributed by atoms with van der Waals surface area (Å²) in [6, 6.07) is 21.2. The first-order valence-electron chi connectivity index (χ1n) is 10.2. The third-order valence-corrected chi connectivity index (χ3v) is 6.57. The number of hydrogen-bond donors (Lipinski definition) is 2. The topological polar surface area (TPSA) is 105 Å². The molecule has 33 heavy (non-hydrogen) atoms. The van der Waals surface area contributed by atoms with Gasteiger partial charge >= 0.3 is 6.03 Å². The summed E-state index contributed by atoms with van der Waals surface area (Å²) in [6.45, 7) is 1.45. The molecular weight excluding hydrogens is 442 g/mol. The number of amides is 3. The van der Waals surface area contributed by atoms with Crippen LogP contribution in [-0.4, -0.2) is 34.0 Å². The van der Waals surface area contributed by atoms with Crippen molar-refractivity contribution >= 4 is 27.6 Å². The molecule has 0 heterocycles. The first-order valence-corrected chi connectivity index (χ1v) is 11.6. The minimum absolute atomic E-state index is 0.0142. The summed E-state index contributed by atoms with van der Waals surface area (Å²) >= 11 is 0. The van der Waals surface area contributed by atoms with Crippen molar-refractivity contribution in [1.29, 1.82) is 0 Å². The number of aryl methyl sites for hydroxylation is 1. The number of para-hydroxylation sites is 2. The number of benzene rings is 3. The lowest BCUT2D eigenvalue weighted by molar-refractivity contribution is -0.118. The van der Waals surface area contributed by atoms with E-state index in [-0.39, 0.29) is 22.9 Å². The van der Waals surface area contributed by atoms with Crippen LogP contribution in [-0.2, 0) is 21.4 Å². The Labute approximate surface area is 193 Å². The van der Waals surface area contributed by atoms with Crippen LogP contribution in [0.4, 0.5) is 10.5 Å². The van der Waals surface area contributed by atoms with Crippen molar-refractivity contribution in [3.8, 4) is 5.75 Å². The molecule has 0 aromatic heterocycles. The van der Waals surface area contributed by atoms with Crippen LogP contribution in [0.25, 0.3) is 0 Å². The highest BCUT2D eigenvalue weighted by Gasteiger charge is 2.29. The molecule has 2 N–H and O–H groups in total. The zero-order chi connectivity index (χ0) is 23.8. The summed E-state index contributed by atoms with van der Waals surface area (Å²) in [4.78, 5) is 24.9. The predicted octanol–water partition coefficient (Wildman–Crippen LogP) is 3.22. The molecule has 172 valence electrons. The van der Waals surface area contributed by atoms with E-state index in [4.69, 9.17) is 4.74 Å². The maximum atomic E-state index is 13.4. The molecule has 0 atom stereocenters. The lowest BCUT2D eigenvalue weighted by Crippen LogP contribution is -2.46. The number of ether oxygens (including phenoxy) is 1. The number of nitrogens with zero attached hydrogens (tertiary/aromatic N) is 1. The van der Waals surface area contributed by atoms with Gasteiger partial charge in [0.15, 0.2) is 0 Å². The number of imide groups is 1. The molecule has 0 radical (unpaired) electrons. The van der Waals surface area contributed by atoms with Crippen LogP contribution >= 0.6 is 0 Å². The van der Waals surface area contributed by atoms with Gasteiger partial charge in [0.05, 0.1) is 17.7 Å². The molecule has 0 saturated heterocycles. The molecule has 9 heteroatoms. The highest BCUT2D eigenvalue weighted by atomic mass is 32.2. The van der Waals surface area contributed by atoms with Gasteiger partial charge in [-0.25, -0.2) is 13.2 Å². The Bertz CT molecular complexity index is 1210. The molecule has 0 fully saturated rings. The largest absolute Gasteiger partial charge is 0.495 e. The summed E-state index contributed by atoms with van der Waals surface area (Å²) in [5.41, 5.74) is 1.93. The van der Waals surface area contributed by atoms with Crippen LogP contribution in [0.5, 0.6) is 5.75 Å². The Balaban J connectivity index is 1.81. The average molecular weight is 468 g/mol. The Kier molecular flexibility index (Phi) is 7.68. The molecule has 0 aliphatic heterocycles. The molecule has 3 amide bonds. The van der Waals surface area contributed by atoms with E-state index in [9.17, 15) is 18.0 Å². The molecule has 3 aromatic rings. The van der Waals surface area contributed by atoms with Crippen molar-refractivity contribution in [2.75, 3.05) is 18.0 Å². The van der Waals surface area contributed by atoms with E-state index in [0.29, 0.717) is 0 Å². The fraction of sp³-hybridized carbons (Fsp3) is 0.167. The monoisotopic (exact) mass is 467 g/mol. The smallest absolute Gasteiger partial charge is 0.321 e. The quantitative estimate of drug-likeness (QED) is 0.529. The maximum absolute atomic E-state index is 13.4. The van der Waals surface area contributed by atoms with Crippen molar-refractivity contribution in [3.05, 3.63) is 90.0 Å². The second-order valence-corrected chi connectivity index (χ2v) is 9.08. The van der Waals surface area contributed by atoms with Gasteiger partial charge in [0.2, 0.25) is 5.91 Å². The average Bonchev–Trinajstić information content (AvgIpc) is 2.82. The van der Waals surface area contributed by atoms with Gasteiger partial charge in [-0.05, 0) is 36.8 Å². The fourth-order valence-electron chi connectivity index (χ4n) is 3.09. The number of sulfonamides is 1. The third-order valence-electron chi connectivity index (χ3n) is 4.80. The highest BCUT2D eigenvalue weighted by Crippen LogP contribution is 2.32.